The third-order valence-electron chi connectivity index (χ3n) is 8.43. The zero-order valence-electron chi connectivity index (χ0n) is 20.8. The van der Waals surface area contributed by atoms with E-state index in [9.17, 15) is 5.11 Å². The highest BCUT2D eigenvalue weighted by Crippen LogP contribution is 2.59. The van der Waals surface area contributed by atoms with Gasteiger partial charge in [0.2, 0.25) is 0 Å². The molecule has 1 aromatic carbocycles. The van der Waals surface area contributed by atoms with Crippen molar-refractivity contribution in [2.45, 2.75) is 78.7 Å². The Kier molecular flexibility index (Phi) is 8.63. The predicted molar refractivity (Wildman–Crippen MR) is 133 cm³/mol. The van der Waals surface area contributed by atoms with Gasteiger partial charge in [-0.05, 0) is 86.8 Å². The molecule has 3 nitrogen and oxygen atoms in total. The SMILES string of the molecule is C=C(C)CCC[C@]1(C)CCC[C@@H]2C1=CC[C@@H](C)[C@@]2(CO)CCOCc1ccc(OC)cc1. The number of ether oxygens (including phenoxy) is 2. The molecule has 0 aliphatic heterocycles. The lowest BCUT2D eigenvalue weighted by atomic mass is 9.50. The van der Waals surface area contributed by atoms with Gasteiger partial charge in [0.1, 0.15) is 5.75 Å². The molecule has 3 heteroatoms. The maximum atomic E-state index is 10.7. The summed E-state index contributed by atoms with van der Waals surface area (Å²) in [5.41, 5.74) is 4.27. The van der Waals surface area contributed by atoms with Crippen LogP contribution in [0.1, 0.15) is 77.7 Å². The Labute approximate surface area is 195 Å². The van der Waals surface area contributed by atoms with Crippen molar-refractivity contribution in [3.63, 3.8) is 0 Å². The second-order valence-corrected chi connectivity index (χ2v) is 10.7. The van der Waals surface area contributed by atoms with Crippen LogP contribution in [0.5, 0.6) is 5.75 Å². The first-order valence-corrected chi connectivity index (χ1v) is 12.5. The van der Waals surface area contributed by atoms with Crippen LogP contribution in [0.25, 0.3) is 0 Å². The zero-order chi connectivity index (χ0) is 23.2. The molecule has 0 aromatic heterocycles. The predicted octanol–water partition coefficient (Wildman–Crippen LogP) is 7.10. The molecule has 0 heterocycles. The summed E-state index contributed by atoms with van der Waals surface area (Å²) in [5.74, 6) is 1.82. The van der Waals surface area contributed by atoms with Gasteiger partial charge in [-0.3, -0.25) is 0 Å². The van der Waals surface area contributed by atoms with Gasteiger partial charge in [0, 0.05) is 18.6 Å². The Morgan fingerprint density at radius 1 is 1.22 bits per heavy atom. The Morgan fingerprint density at radius 3 is 2.62 bits per heavy atom. The molecule has 1 fully saturated rings. The van der Waals surface area contributed by atoms with Gasteiger partial charge in [0.15, 0.2) is 0 Å². The van der Waals surface area contributed by atoms with Crippen molar-refractivity contribution in [2.24, 2.45) is 22.7 Å². The smallest absolute Gasteiger partial charge is 0.118 e. The molecule has 3 rings (SSSR count). The standard InChI is InChI=1S/C29H44O3/c1-22(2)8-6-16-28(4)17-7-9-27-26(28)15-10-23(3)29(27,21-30)18-19-32-20-24-11-13-25(31-5)14-12-24/h11-15,23,27,30H,1,6-10,16-21H2,2-5H3/t23-,27-,28-,29+/m1/s1. The monoisotopic (exact) mass is 440 g/mol. The second kappa shape index (κ2) is 11.0. The number of hydrogen-bond donors (Lipinski definition) is 1. The van der Waals surface area contributed by atoms with Crippen LogP contribution < -0.4 is 4.74 Å². The number of fused-ring (bicyclic) bond motifs is 1. The molecule has 1 saturated carbocycles. The molecule has 2 aliphatic rings. The van der Waals surface area contributed by atoms with E-state index in [2.05, 4.69) is 45.6 Å². The first-order valence-electron chi connectivity index (χ1n) is 12.5. The number of benzene rings is 1. The summed E-state index contributed by atoms with van der Waals surface area (Å²) in [7, 11) is 1.69. The van der Waals surface area contributed by atoms with Crippen molar-refractivity contribution in [1.29, 1.82) is 0 Å². The molecular weight excluding hydrogens is 396 g/mol. The van der Waals surface area contributed by atoms with E-state index in [1.807, 2.05) is 12.1 Å². The van der Waals surface area contributed by atoms with E-state index < -0.39 is 0 Å². The van der Waals surface area contributed by atoms with E-state index in [0.717, 1.165) is 30.6 Å². The molecule has 0 spiro atoms. The normalized spacial score (nSPS) is 29.8. The number of aliphatic hydroxyl groups is 1. The molecule has 0 saturated heterocycles. The van der Waals surface area contributed by atoms with Crippen LogP contribution in [0.2, 0.25) is 0 Å². The van der Waals surface area contributed by atoms with E-state index in [1.165, 1.54) is 37.7 Å². The minimum atomic E-state index is -0.0694. The molecule has 178 valence electrons. The molecular formula is C29H44O3. The number of allylic oxidation sites excluding steroid dienone is 3. The first kappa shape index (κ1) is 25.1. The Morgan fingerprint density at radius 2 is 1.97 bits per heavy atom. The fraction of sp³-hybridized carbons (Fsp3) is 0.655. The third-order valence-corrected chi connectivity index (χ3v) is 8.43. The highest BCUT2D eigenvalue weighted by molar-refractivity contribution is 5.27. The number of aliphatic hydroxyl groups excluding tert-OH is 1. The van der Waals surface area contributed by atoms with Crippen LogP contribution in [-0.2, 0) is 11.3 Å². The molecule has 4 atom stereocenters. The summed E-state index contributed by atoms with van der Waals surface area (Å²) in [6.45, 7) is 12.6. The molecule has 1 aromatic rings. The number of methoxy groups -OCH3 is 1. The van der Waals surface area contributed by atoms with Crippen LogP contribution in [-0.4, -0.2) is 25.4 Å². The van der Waals surface area contributed by atoms with Gasteiger partial charge < -0.3 is 14.6 Å². The van der Waals surface area contributed by atoms with Crippen molar-refractivity contribution in [2.75, 3.05) is 20.3 Å². The van der Waals surface area contributed by atoms with Gasteiger partial charge in [-0.1, -0.05) is 49.6 Å². The Bertz CT molecular complexity index is 780. The highest BCUT2D eigenvalue weighted by atomic mass is 16.5. The summed E-state index contributed by atoms with van der Waals surface area (Å²) in [6.07, 6.45) is 11.8. The quantitative estimate of drug-likeness (QED) is 0.295. The zero-order valence-corrected chi connectivity index (χ0v) is 20.8. The van der Waals surface area contributed by atoms with E-state index in [1.54, 1.807) is 12.7 Å². The van der Waals surface area contributed by atoms with Crippen LogP contribution >= 0.6 is 0 Å². The molecule has 0 unspecified atom stereocenters. The van der Waals surface area contributed by atoms with Crippen molar-refractivity contribution in [3.05, 3.63) is 53.6 Å². The summed E-state index contributed by atoms with van der Waals surface area (Å²) in [5, 5.41) is 10.7. The van der Waals surface area contributed by atoms with Crippen molar-refractivity contribution < 1.29 is 14.6 Å². The molecule has 32 heavy (non-hydrogen) atoms. The van der Waals surface area contributed by atoms with E-state index in [0.29, 0.717) is 25.0 Å². The molecule has 0 bridgehead atoms. The van der Waals surface area contributed by atoms with Crippen molar-refractivity contribution >= 4 is 0 Å². The minimum absolute atomic E-state index is 0.0694. The molecule has 0 radical (unpaired) electrons. The lowest BCUT2D eigenvalue weighted by Gasteiger charge is -2.55. The summed E-state index contributed by atoms with van der Waals surface area (Å²) in [6, 6.07) is 8.07. The highest BCUT2D eigenvalue weighted by Gasteiger charge is 2.51. The van der Waals surface area contributed by atoms with E-state index >= 15 is 0 Å². The van der Waals surface area contributed by atoms with Crippen molar-refractivity contribution in [3.8, 4) is 5.75 Å². The molecule has 0 amide bonds. The van der Waals surface area contributed by atoms with Crippen LogP contribution in [0.3, 0.4) is 0 Å². The van der Waals surface area contributed by atoms with Gasteiger partial charge in [0.25, 0.3) is 0 Å². The average molecular weight is 441 g/mol. The third kappa shape index (κ3) is 5.48. The Balaban J connectivity index is 1.66. The Hall–Kier alpha value is -1.58. The fourth-order valence-corrected chi connectivity index (χ4v) is 6.27. The largest absolute Gasteiger partial charge is 0.497 e. The van der Waals surface area contributed by atoms with Crippen molar-refractivity contribution in [1.82, 2.24) is 0 Å². The van der Waals surface area contributed by atoms with Crippen LogP contribution in [0.4, 0.5) is 0 Å². The van der Waals surface area contributed by atoms with E-state index in [-0.39, 0.29) is 17.4 Å². The molecule has 1 N–H and O–H groups in total. The maximum Gasteiger partial charge on any atom is 0.118 e. The van der Waals surface area contributed by atoms with Gasteiger partial charge >= 0.3 is 0 Å². The maximum absolute atomic E-state index is 10.7. The van der Waals surface area contributed by atoms with Gasteiger partial charge in [-0.15, -0.1) is 6.58 Å². The number of hydrogen-bond acceptors (Lipinski definition) is 3. The van der Waals surface area contributed by atoms with Gasteiger partial charge in [-0.25, -0.2) is 0 Å². The number of rotatable bonds is 11. The lowest BCUT2D eigenvalue weighted by Crippen LogP contribution is -2.48. The summed E-state index contributed by atoms with van der Waals surface area (Å²) < 4.78 is 11.4. The van der Waals surface area contributed by atoms with Crippen LogP contribution in [0, 0.1) is 22.7 Å². The summed E-state index contributed by atoms with van der Waals surface area (Å²) in [4.78, 5) is 0. The average Bonchev–Trinajstić information content (AvgIpc) is 2.78. The van der Waals surface area contributed by atoms with Gasteiger partial charge in [-0.2, -0.15) is 0 Å². The van der Waals surface area contributed by atoms with Gasteiger partial charge in [0.05, 0.1) is 13.7 Å². The van der Waals surface area contributed by atoms with E-state index in [4.69, 9.17) is 9.47 Å². The topological polar surface area (TPSA) is 38.7 Å². The fourth-order valence-electron chi connectivity index (χ4n) is 6.27. The van der Waals surface area contributed by atoms with Crippen LogP contribution in [0.15, 0.2) is 48.1 Å². The second-order valence-electron chi connectivity index (χ2n) is 10.7. The first-order chi connectivity index (χ1) is 15.3. The molecule has 2 aliphatic carbocycles. The minimum Gasteiger partial charge on any atom is -0.497 e. The lowest BCUT2D eigenvalue weighted by molar-refractivity contribution is -0.0394. The summed E-state index contributed by atoms with van der Waals surface area (Å²) >= 11 is 0.